The number of nitrogens with one attached hydrogen (secondary N) is 1. The van der Waals surface area contributed by atoms with Gasteiger partial charge in [-0.15, -0.1) is 0 Å². The summed E-state index contributed by atoms with van der Waals surface area (Å²) in [6.07, 6.45) is -4.93. The molecule has 0 aliphatic rings. The third kappa shape index (κ3) is 4.22. The molecule has 2 rings (SSSR count). The first-order valence-electron chi connectivity index (χ1n) is 6.84. The van der Waals surface area contributed by atoms with Crippen LogP contribution >= 0.6 is 0 Å². The van der Waals surface area contributed by atoms with E-state index in [1.54, 1.807) is 4.72 Å². The van der Waals surface area contributed by atoms with E-state index in [1.165, 1.54) is 25.3 Å². The van der Waals surface area contributed by atoms with Crippen molar-refractivity contribution in [2.24, 2.45) is 0 Å². The fraction of sp³-hybridized carbons (Fsp3) is 0.200. The molecule has 0 bridgehead atoms. The molecule has 11 heteroatoms. The van der Waals surface area contributed by atoms with Crippen LogP contribution in [-0.2, 0) is 27.5 Å². The predicted octanol–water partition coefficient (Wildman–Crippen LogP) is 2.44. The van der Waals surface area contributed by atoms with Crippen LogP contribution in [0.2, 0.25) is 0 Å². The zero-order chi connectivity index (χ0) is 19.5. The molecule has 0 unspecified atom stereocenters. The second-order valence-electron chi connectivity index (χ2n) is 4.95. The minimum atomic E-state index is -4.93. The number of hydrogen-bond acceptors (Lipinski definition) is 6. The molecular weight excluding hydrogens is 377 g/mol. The minimum absolute atomic E-state index is 0.0462. The van der Waals surface area contributed by atoms with Gasteiger partial charge in [-0.3, -0.25) is 4.79 Å². The van der Waals surface area contributed by atoms with E-state index in [4.69, 9.17) is 14.4 Å². The van der Waals surface area contributed by atoms with Crippen LogP contribution in [0.15, 0.2) is 39.6 Å². The third-order valence-corrected chi connectivity index (χ3v) is 4.45. The van der Waals surface area contributed by atoms with Gasteiger partial charge < -0.3 is 9.15 Å². The lowest BCUT2D eigenvalue weighted by Gasteiger charge is -2.11. The standard InChI is InChI=1S/C15H11F3N2O5S/c1-24-8-10-3-5-13(25-10)14(21)20-26(22,23)11-4-2-9(7-19)12(6-11)15(16,17)18/h2-6H,8H2,1H3,(H,20,21). The van der Waals surface area contributed by atoms with Gasteiger partial charge in [-0.1, -0.05) is 0 Å². The average molecular weight is 388 g/mol. The molecule has 0 fully saturated rings. The first-order valence-corrected chi connectivity index (χ1v) is 8.33. The normalized spacial score (nSPS) is 11.8. The summed E-state index contributed by atoms with van der Waals surface area (Å²) in [6, 6.07) is 5.70. The molecular formula is C15H11F3N2O5S. The molecule has 1 N–H and O–H groups in total. The van der Waals surface area contributed by atoms with Gasteiger partial charge in [0.1, 0.15) is 12.4 Å². The number of sulfonamides is 1. The molecule has 1 aromatic heterocycles. The van der Waals surface area contributed by atoms with Crippen molar-refractivity contribution in [1.82, 2.24) is 4.72 Å². The van der Waals surface area contributed by atoms with Crippen molar-refractivity contribution in [1.29, 1.82) is 5.26 Å². The quantitative estimate of drug-likeness (QED) is 0.843. The van der Waals surface area contributed by atoms with E-state index >= 15 is 0 Å². The Morgan fingerprint density at radius 3 is 2.58 bits per heavy atom. The smallest absolute Gasteiger partial charge is 0.417 e. The summed E-state index contributed by atoms with van der Waals surface area (Å²) >= 11 is 0. The summed E-state index contributed by atoms with van der Waals surface area (Å²) < 4.78 is 74.6. The Kier molecular flexibility index (Phi) is 5.38. The summed E-state index contributed by atoms with van der Waals surface area (Å²) in [5, 5.41) is 8.72. The Balaban J connectivity index is 2.32. The van der Waals surface area contributed by atoms with Crippen LogP contribution < -0.4 is 4.72 Å². The number of carbonyl (C=O) groups excluding carboxylic acids is 1. The maximum Gasteiger partial charge on any atom is 0.417 e. The number of furan rings is 1. The topological polar surface area (TPSA) is 109 Å². The van der Waals surface area contributed by atoms with Crippen molar-refractivity contribution in [3.8, 4) is 6.07 Å². The maximum atomic E-state index is 12.9. The molecule has 0 saturated heterocycles. The van der Waals surface area contributed by atoms with Gasteiger partial charge in [-0.2, -0.15) is 18.4 Å². The number of nitriles is 1. The van der Waals surface area contributed by atoms with Crippen molar-refractivity contribution < 1.29 is 35.5 Å². The van der Waals surface area contributed by atoms with E-state index < -0.39 is 38.1 Å². The Hall–Kier alpha value is -2.84. The largest absolute Gasteiger partial charge is 0.453 e. The Morgan fingerprint density at radius 1 is 1.31 bits per heavy atom. The number of nitrogens with zero attached hydrogens (tertiary/aromatic N) is 1. The van der Waals surface area contributed by atoms with E-state index in [2.05, 4.69) is 0 Å². The number of halogens is 3. The van der Waals surface area contributed by atoms with Gasteiger partial charge in [0.15, 0.2) is 5.76 Å². The molecule has 0 spiro atoms. The van der Waals surface area contributed by atoms with Gasteiger partial charge in [-0.25, -0.2) is 13.1 Å². The number of ether oxygens (including phenoxy) is 1. The summed E-state index contributed by atoms with van der Waals surface area (Å²) in [5.41, 5.74) is -2.16. The van der Waals surface area contributed by atoms with Crippen LogP contribution in [0.25, 0.3) is 0 Å². The highest BCUT2D eigenvalue weighted by molar-refractivity contribution is 7.90. The molecule has 1 heterocycles. The van der Waals surface area contributed by atoms with Crippen molar-refractivity contribution in [2.75, 3.05) is 7.11 Å². The van der Waals surface area contributed by atoms with Gasteiger partial charge in [0.05, 0.1) is 22.1 Å². The van der Waals surface area contributed by atoms with Crippen molar-refractivity contribution in [3.05, 3.63) is 53.0 Å². The predicted molar refractivity (Wildman–Crippen MR) is 80.2 cm³/mol. The van der Waals surface area contributed by atoms with E-state index in [-0.39, 0.29) is 24.2 Å². The monoisotopic (exact) mass is 388 g/mol. The number of amides is 1. The fourth-order valence-electron chi connectivity index (χ4n) is 1.97. The van der Waals surface area contributed by atoms with Crippen LogP contribution in [0.1, 0.15) is 27.4 Å². The molecule has 26 heavy (non-hydrogen) atoms. The molecule has 0 aliphatic heterocycles. The Morgan fingerprint density at radius 2 is 2.00 bits per heavy atom. The number of alkyl halides is 3. The highest BCUT2D eigenvalue weighted by Crippen LogP contribution is 2.33. The average Bonchev–Trinajstić information content (AvgIpc) is 3.02. The second kappa shape index (κ2) is 7.19. The van der Waals surface area contributed by atoms with E-state index in [0.29, 0.717) is 6.07 Å². The summed E-state index contributed by atoms with van der Waals surface area (Å²) in [6.45, 7) is 0.0462. The van der Waals surface area contributed by atoms with Crippen LogP contribution in [0.4, 0.5) is 13.2 Å². The van der Waals surface area contributed by atoms with E-state index in [0.717, 1.165) is 6.07 Å². The molecule has 7 nitrogen and oxygen atoms in total. The Bertz CT molecular complexity index is 974. The van der Waals surface area contributed by atoms with Gasteiger partial charge in [0.25, 0.3) is 10.0 Å². The second-order valence-corrected chi connectivity index (χ2v) is 6.63. The number of rotatable bonds is 5. The van der Waals surface area contributed by atoms with Gasteiger partial charge in [0, 0.05) is 7.11 Å². The highest BCUT2D eigenvalue weighted by atomic mass is 32.2. The first-order chi connectivity index (χ1) is 12.1. The van der Waals surface area contributed by atoms with Crippen LogP contribution in [0.5, 0.6) is 0 Å². The number of hydrogen-bond donors (Lipinski definition) is 1. The molecule has 2 aromatic rings. The maximum absolute atomic E-state index is 12.9. The fourth-order valence-corrected chi connectivity index (χ4v) is 2.96. The van der Waals surface area contributed by atoms with Crippen molar-refractivity contribution >= 4 is 15.9 Å². The lowest BCUT2D eigenvalue weighted by atomic mass is 10.1. The van der Waals surface area contributed by atoms with E-state index in [1.807, 2.05) is 0 Å². The summed E-state index contributed by atoms with van der Waals surface area (Å²) in [4.78, 5) is 11.1. The number of benzene rings is 1. The summed E-state index contributed by atoms with van der Waals surface area (Å²) in [7, 11) is -3.23. The minimum Gasteiger partial charge on any atom is -0.453 e. The third-order valence-electron chi connectivity index (χ3n) is 3.13. The number of carbonyl (C=O) groups is 1. The van der Waals surface area contributed by atoms with Crippen LogP contribution in [0.3, 0.4) is 0 Å². The van der Waals surface area contributed by atoms with Crippen LogP contribution in [0, 0.1) is 11.3 Å². The van der Waals surface area contributed by atoms with Crippen molar-refractivity contribution in [3.63, 3.8) is 0 Å². The number of methoxy groups -OCH3 is 1. The summed E-state index contributed by atoms with van der Waals surface area (Å²) in [5.74, 6) is -1.26. The lowest BCUT2D eigenvalue weighted by Crippen LogP contribution is -2.30. The van der Waals surface area contributed by atoms with Gasteiger partial charge in [0.2, 0.25) is 0 Å². The molecule has 0 atom stereocenters. The Labute approximate surface area is 146 Å². The lowest BCUT2D eigenvalue weighted by molar-refractivity contribution is -0.137. The molecule has 0 aliphatic carbocycles. The SMILES string of the molecule is COCc1ccc(C(=O)NS(=O)(=O)c2ccc(C#N)c(C(F)(F)F)c2)o1. The van der Waals surface area contributed by atoms with Crippen molar-refractivity contribution in [2.45, 2.75) is 17.7 Å². The van der Waals surface area contributed by atoms with Gasteiger partial charge >= 0.3 is 12.1 Å². The van der Waals surface area contributed by atoms with Gasteiger partial charge in [-0.05, 0) is 30.3 Å². The van der Waals surface area contributed by atoms with Crippen LogP contribution in [-0.4, -0.2) is 21.4 Å². The van der Waals surface area contributed by atoms with E-state index in [9.17, 15) is 26.4 Å². The highest BCUT2D eigenvalue weighted by Gasteiger charge is 2.35. The molecule has 138 valence electrons. The molecule has 0 radical (unpaired) electrons. The molecule has 0 saturated carbocycles. The first kappa shape index (κ1) is 19.5. The molecule has 1 aromatic carbocycles. The zero-order valence-electron chi connectivity index (χ0n) is 13.1. The molecule has 1 amide bonds. The zero-order valence-corrected chi connectivity index (χ0v) is 13.9.